The largest absolute Gasteiger partial charge is 0.317 e. The van der Waals surface area contributed by atoms with E-state index in [2.05, 4.69) is 51.2 Å². The number of thiazole rings is 1. The van der Waals surface area contributed by atoms with Gasteiger partial charge in [0.15, 0.2) is 4.96 Å². The van der Waals surface area contributed by atoms with Gasteiger partial charge in [-0.3, -0.25) is 4.40 Å². The lowest BCUT2D eigenvalue weighted by Gasteiger charge is -2.22. The van der Waals surface area contributed by atoms with Crippen LogP contribution in [0.3, 0.4) is 0 Å². The molecule has 0 aromatic carbocycles. The van der Waals surface area contributed by atoms with Crippen LogP contribution < -0.4 is 5.32 Å². The number of imidazole rings is 1. The SMILES string of the molecule is CCN(CC)CCC(Cc1cn2ccsc2n1)NC. The molecule has 0 radical (unpaired) electrons. The number of likely N-dealkylation sites (N-methyl/N-ethyl adjacent to an activating group) is 1. The van der Waals surface area contributed by atoms with Crippen LogP contribution in [0.4, 0.5) is 0 Å². The van der Waals surface area contributed by atoms with Crippen LogP contribution >= 0.6 is 11.3 Å². The van der Waals surface area contributed by atoms with Gasteiger partial charge in [-0.1, -0.05) is 13.8 Å². The molecule has 0 bridgehead atoms. The Kier molecular flexibility index (Phi) is 5.36. The Morgan fingerprint density at radius 1 is 1.42 bits per heavy atom. The van der Waals surface area contributed by atoms with Gasteiger partial charge in [0.05, 0.1) is 5.69 Å². The average Bonchev–Trinajstić information content (AvgIpc) is 2.99. The summed E-state index contributed by atoms with van der Waals surface area (Å²) in [5.74, 6) is 0. The smallest absolute Gasteiger partial charge is 0.193 e. The van der Waals surface area contributed by atoms with Crippen molar-refractivity contribution in [3.05, 3.63) is 23.5 Å². The maximum absolute atomic E-state index is 4.66. The zero-order valence-corrected chi connectivity index (χ0v) is 12.9. The van der Waals surface area contributed by atoms with Gasteiger partial charge in [0.1, 0.15) is 0 Å². The number of nitrogens with one attached hydrogen (secondary N) is 1. The summed E-state index contributed by atoms with van der Waals surface area (Å²) in [6.07, 6.45) is 6.39. The lowest BCUT2D eigenvalue weighted by Crippen LogP contribution is -2.34. The van der Waals surface area contributed by atoms with Gasteiger partial charge in [-0.25, -0.2) is 4.98 Å². The van der Waals surface area contributed by atoms with E-state index in [1.807, 2.05) is 7.05 Å². The van der Waals surface area contributed by atoms with E-state index in [1.54, 1.807) is 11.3 Å². The Hall–Kier alpha value is -0.910. The number of hydrogen-bond donors (Lipinski definition) is 1. The molecule has 1 N–H and O–H groups in total. The quantitative estimate of drug-likeness (QED) is 0.805. The first kappa shape index (κ1) is 14.5. The topological polar surface area (TPSA) is 32.6 Å². The summed E-state index contributed by atoms with van der Waals surface area (Å²) in [5.41, 5.74) is 1.19. The van der Waals surface area contributed by atoms with Crippen molar-refractivity contribution in [3.8, 4) is 0 Å². The van der Waals surface area contributed by atoms with Crippen molar-refractivity contribution >= 4 is 16.3 Å². The van der Waals surface area contributed by atoms with Gasteiger partial charge in [-0.2, -0.15) is 0 Å². The van der Waals surface area contributed by atoms with E-state index < -0.39 is 0 Å². The fourth-order valence-electron chi connectivity index (χ4n) is 2.35. The maximum atomic E-state index is 4.66. The van der Waals surface area contributed by atoms with E-state index in [9.17, 15) is 0 Å². The second kappa shape index (κ2) is 7.03. The van der Waals surface area contributed by atoms with Crippen molar-refractivity contribution in [1.82, 2.24) is 19.6 Å². The molecule has 2 heterocycles. The first-order valence-corrected chi connectivity index (χ1v) is 7.95. The lowest BCUT2D eigenvalue weighted by atomic mass is 10.1. The molecule has 0 saturated heterocycles. The van der Waals surface area contributed by atoms with Crippen LogP contribution in [0.2, 0.25) is 0 Å². The molecule has 0 aliphatic carbocycles. The average molecular weight is 280 g/mol. The zero-order chi connectivity index (χ0) is 13.7. The molecular formula is C14H24N4S. The Morgan fingerprint density at radius 2 is 2.21 bits per heavy atom. The predicted octanol–water partition coefficient (Wildman–Crippen LogP) is 2.26. The van der Waals surface area contributed by atoms with Gasteiger partial charge < -0.3 is 10.2 Å². The highest BCUT2D eigenvalue weighted by atomic mass is 32.1. The van der Waals surface area contributed by atoms with Crippen LogP contribution in [0.1, 0.15) is 26.0 Å². The first-order valence-electron chi connectivity index (χ1n) is 7.07. The Morgan fingerprint density at radius 3 is 2.84 bits per heavy atom. The summed E-state index contributed by atoms with van der Waals surface area (Å²) in [6.45, 7) is 7.86. The summed E-state index contributed by atoms with van der Waals surface area (Å²) in [6, 6.07) is 0.505. The van der Waals surface area contributed by atoms with E-state index in [1.165, 1.54) is 12.1 Å². The third-order valence-electron chi connectivity index (χ3n) is 3.70. The number of rotatable bonds is 8. The summed E-state index contributed by atoms with van der Waals surface area (Å²) >= 11 is 1.69. The molecule has 106 valence electrons. The van der Waals surface area contributed by atoms with Gasteiger partial charge >= 0.3 is 0 Å². The summed E-state index contributed by atoms with van der Waals surface area (Å²) in [5, 5.41) is 5.49. The van der Waals surface area contributed by atoms with Gasteiger partial charge in [0.2, 0.25) is 0 Å². The molecule has 1 atom stereocenters. The van der Waals surface area contributed by atoms with Crippen LogP contribution in [0, 0.1) is 0 Å². The highest BCUT2D eigenvalue weighted by molar-refractivity contribution is 7.15. The van der Waals surface area contributed by atoms with Crippen molar-refractivity contribution in [3.63, 3.8) is 0 Å². The first-order chi connectivity index (χ1) is 9.26. The minimum atomic E-state index is 0.505. The second-order valence-electron chi connectivity index (χ2n) is 4.83. The highest BCUT2D eigenvalue weighted by Gasteiger charge is 2.12. The van der Waals surface area contributed by atoms with Crippen LogP contribution in [-0.4, -0.2) is 47.0 Å². The van der Waals surface area contributed by atoms with E-state index in [4.69, 9.17) is 0 Å². The van der Waals surface area contributed by atoms with Crippen molar-refractivity contribution in [2.24, 2.45) is 0 Å². The molecule has 0 saturated carbocycles. The van der Waals surface area contributed by atoms with Gasteiger partial charge in [0, 0.05) is 30.2 Å². The summed E-state index contributed by atoms with van der Waals surface area (Å²) in [7, 11) is 2.05. The van der Waals surface area contributed by atoms with Crippen molar-refractivity contribution < 1.29 is 0 Å². The maximum Gasteiger partial charge on any atom is 0.193 e. The molecule has 0 fully saturated rings. The molecule has 19 heavy (non-hydrogen) atoms. The monoisotopic (exact) mass is 280 g/mol. The molecule has 0 amide bonds. The minimum Gasteiger partial charge on any atom is -0.317 e. The van der Waals surface area contributed by atoms with Crippen LogP contribution in [0.5, 0.6) is 0 Å². The third kappa shape index (κ3) is 3.78. The summed E-state index contributed by atoms with van der Waals surface area (Å²) < 4.78 is 2.11. The van der Waals surface area contributed by atoms with Crippen molar-refractivity contribution in [2.45, 2.75) is 32.7 Å². The van der Waals surface area contributed by atoms with Crippen molar-refractivity contribution in [2.75, 3.05) is 26.7 Å². The van der Waals surface area contributed by atoms with Crippen LogP contribution in [-0.2, 0) is 6.42 Å². The molecule has 2 aromatic heterocycles. The van der Waals surface area contributed by atoms with Gasteiger partial charge in [0.25, 0.3) is 0 Å². The molecule has 1 unspecified atom stereocenters. The van der Waals surface area contributed by atoms with E-state index in [-0.39, 0.29) is 0 Å². The zero-order valence-electron chi connectivity index (χ0n) is 12.1. The molecule has 4 nitrogen and oxygen atoms in total. The normalized spacial score (nSPS) is 13.5. The van der Waals surface area contributed by atoms with Crippen molar-refractivity contribution in [1.29, 1.82) is 0 Å². The van der Waals surface area contributed by atoms with Gasteiger partial charge in [-0.15, -0.1) is 11.3 Å². The Labute approximate surface area is 119 Å². The number of hydrogen-bond acceptors (Lipinski definition) is 4. The molecule has 2 aromatic rings. The van der Waals surface area contributed by atoms with E-state index in [0.717, 1.165) is 31.0 Å². The minimum absolute atomic E-state index is 0.505. The standard InChI is InChI=1S/C14H24N4S/c1-4-17(5-2)7-6-12(15-3)10-13-11-18-8-9-19-14(18)16-13/h8-9,11-12,15H,4-7,10H2,1-3H3. The van der Waals surface area contributed by atoms with E-state index >= 15 is 0 Å². The fraction of sp³-hybridized carbons (Fsp3) is 0.643. The van der Waals surface area contributed by atoms with Crippen LogP contribution in [0.25, 0.3) is 4.96 Å². The highest BCUT2D eigenvalue weighted by Crippen LogP contribution is 2.13. The molecule has 0 aliphatic rings. The second-order valence-corrected chi connectivity index (χ2v) is 5.70. The Balaban J connectivity index is 1.89. The lowest BCUT2D eigenvalue weighted by molar-refractivity contribution is 0.283. The fourth-order valence-corrected chi connectivity index (χ4v) is 3.07. The molecule has 5 heteroatoms. The van der Waals surface area contributed by atoms with E-state index in [0.29, 0.717) is 6.04 Å². The molecule has 0 aliphatic heterocycles. The number of aromatic nitrogens is 2. The number of fused-ring (bicyclic) bond motifs is 1. The predicted molar refractivity (Wildman–Crippen MR) is 82.0 cm³/mol. The Bertz CT molecular complexity index is 458. The molecule has 2 rings (SSSR count). The molecule has 0 spiro atoms. The third-order valence-corrected chi connectivity index (χ3v) is 4.47. The summed E-state index contributed by atoms with van der Waals surface area (Å²) in [4.78, 5) is 8.22. The molecular weight excluding hydrogens is 256 g/mol. The van der Waals surface area contributed by atoms with Crippen LogP contribution in [0.15, 0.2) is 17.8 Å². The number of nitrogens with zero attached hydrogens (tertiary/aromatic N) is 3. The van der Waals surface area contributed by atoms with Gasteiger partial charge in [-0.05, 0) is 33.1 Å².